The number of halogens is 5. The second-order valence-corrected chi connectivity index (χ2v) is 9.07. The summed E-state index contributed by atoms with van der Waals surface area (Å²) in [6, 6.07) is 9.80. The van der Waals surface area contributed by atoms with E-state index in [9.17, 15) is 14.9 Å². The van der Waals surface area contributed by atoms with Gasteiger partial charge in [0.1, 0.15) is 6.17 Å². The van der Waals surface area contributed by atoms with Crippen LogP contribution in [0.5, 0.6) is 0 Å². The van der Waals surface area contributed by atoms with Crippen LogP contribution < -0.4 is 16.0 Å². The van der Waals surface area contributed by atoms with Gasteiger partial charge in [-0.25, -0.2) is 0 Å². The van der Waals surface area contributed by atoms with Gasteiger partial charge in [0.25, 0.3) is 11.6 Å². The van der Waals surface area contributed by atoms with Crippen LogP contribution in [0.3, 0.4) is 0 Å². The van der Waals surface area contributed by atoms with Crippen LogP contribution in [0.25, 0.3) is 0 Å². The number of amides is 1. The van der Waals surface area contributed by atoms with Gasteiger partial charge in [-0.2, -0.15) is 0 Å². The number of nitro groups is 1. The third-order valence-electron chi connectivity index (χ3n) is 3.37. The summed E-state index contributed by atoms with van der Waals surface area (Å²) in [5, 5.41) is 19.5. The van der Waals surface area contributed by atoms with E-state index >= 15 is 0 Å². The number of nitrogens with one attached hydrogen (secondary N) is 3. The number of alkyl halides is 3. The molecule has 0 heterocycles. The smallest absolute Gasteiger partial charge is 0.270 e. The minimum atomic E-state index is -2.00. The van der Waals surface area contributed by atoms with Crippen molar-refractivity contribution in [2.75, 3.05) is 5.32 Å². The van der Waals surface area contributed by atoms with E-state index in [1.165, 1.54) is 24.3 Å². The summed E-state index contributed by atoms with van der Waals surface area (Å²) in [6.07, 6.45) is -1.26. The number of rotatable bonds is 5. The SMILES string of the molecule is O=C(N[C@H](NC(=S)Nc1ccc(Cl)c(Cl)c1)C(Cl)(Cl)Cl)c1cccc([N+](=O)[O-])c1. The average molecular weight is 517 g/mol. The molecule has 3 N–H and O–H groups in total. The summed E-state index contributed by atoms with van der Waals surface area (Å²) in [5.41, 5.74) is 0.251. The first-order chi connectivity index (χ1) is 13.5. The molecule has 0 bridgehead atoms. The number of carbonyl (C=O) groups is 1. The highest BCUT2D eigenvalue weighted by molar-refractivity contribution is 7.80. The Morgan fingerprint density at radius 3 is 2.34 bits per heavy atom. The van der Waals surface area contributed by atoms with Crippen LogP contribution in [0.2, 0.25) is 10.0 Å². The van der Waals surface area contributed by atoms with Crippen molar-refractivity contribution in [3.8, 4) is 0 Å². The maximum Gasteiger partial charge on any atom is 0.270 e. The van der Waals surface area contributed by atoms with Gasteiger partial charge in [-0.1, -0.05) is 64.1 Å². The molecular weight excluding hydrogens is 506 g/mol. The lowest BCUT2D eigenvalue weighted by Gasteiger charge is -2.27. The van der Waals surface area contributed by atoms with Crippen LogP contribution in [0.1, 0.15) is 10.4 Å². The molecule has 7 nitrogen and oxygen atoms in total. The second-order valence-electron chi connectivity index (χ2n) is 5.48. The molecule has 0 fully saturated rings. The quantitative estimate of drug-likeness (QED) is 0.164. The number of carbonyl (C=O) groups excluding carboxylic acids is 1. The van der Waals surface area contributed by atoms with Crippen molar-refractivity contribution < 1.29 is 9.72 Å². The Labute approximate surface area is 195 Å². The number of benzene rings is 2. The Morgan fingerprint density at radius 1 is 1.07 bits per heavy atom. The Hall–Kier alpha value is -1.55. The predicted octanol–water partition coefficient (Wildman–Crippen LogP) is 5.31. The van der Waals surface area contributed by atoms with Crippen molar-refractivity contribution in [3.63, 3.8) is 0 Å². The molecule has 13 heteroatoms. The largest absolute Gasteiger partial charge is 0.339 e. The third-order valence-corrected chi connectivity index (χ3v) is 4.99. The highest BCUT2D eigenvalue weighted by Gasteiger charge is 2.35. The maximum atomic E-state index is 12.5. The Balaban J connectivity index is 2.12. The van der Waals surface area contributed by atoms with Crippen molar-refractivity contribution in [2.45, 2.75) is 9.96 Å². The number of hydrogen-bond acceptors (Lipinski definition) is 4. The number of thiocarbonyl (C=S) groups is 1. The molecule has 2 rings (SSSR count). The van der Waals surface area contributed by atoms with Crippen molar-refractivity contribution in [2.24, 2.45) is 0 Å². The topological polar surface area (TPSA) is 96.3 Å². The van der Waals surface area contributed by atoms with Crippen LogP contribution in [-0.2, 0) is 0 Å². The van der Waals surface area contributed by atoms with E-state index in [0.29, 0.717) is 15.7 Å². The van der Waals surface area contributed by atoms with Crippen LogP contribution in [0, 0.1) is 10.1 Å². The lowest BCUT2D eigenvalue weighted by Crippen LogP contribution is -2.56. The summed E-state index contributed by atoms with van der Waals surface area (Å²) in [5.74, 6) is -0.713. The molecule has 2 aromatic carbocycles. The molecule has 0 aliphatic heterocycles. The number of hydrogen-bond donors (Lipinski definition) is 3. The van der Waals surface area contributed by atoms with Crippen LogP contribution in [-0.4, -0.2) is 25.9 Å². The summed E-state index contributed by atoms with van der Waals surface area (Å²) >= 11 is 34.7. The molecule has 0 saturated heterocycles. The van der Waals surface area contributed by atoms with Gasteiger partial charge in [-0.05, 0) is 36.5 Å². The number of anilines is 1. The zero-order valence-electron chi connectivity index (χ0n) is 14.1. The summed E-state index contributed by atoms with van der Waals surface area (Å²) in [7, 11) is 0. The van der Waals surface area contributed by atoms with Crippen molar-refractivity contribution in [1.29, 1.82) is 0 Å². The molecule has 154 valence electrons. The van der Waals surface area contributed by atoms with Gasteiger partial charge in [0.15, 0.2) is 5.11 Å². The fourth-order valence-electron chi connectivity index (χ4n) is 2.05. The standard InChI is InChI=1S/C16H11Cl5N4O3S/c17-11-5-4-9(7-12(11)18)22-15(29)24-14(16(19,20)21)23-13(26)8-2-1-3-10(6-8)25(27)28/h1-7,14H,(H,23,26)(H2,22,24,29)/t14-/m1/s1. The Bertz CT molecular complexity index is 954. The Kier molecular flexibility index (Phi) is 8.16. The van der Waals surface area contributed by atoms with Crippen molar-refractivity contribution in [3.05, 3.63) is 68.2 Å². The van der Waals surface area contributed by atoms with E-state index in [1.807, 2.05) is 0 Å². The van der Waals surface area contributed by atoms with E-state index in [4.69, 9.17) is 70.2 Å². The molecule has 0 unspecified atom stereocenters. The summed E-state index contributed by atoms with van der Waals surface area (Å²) in [4.78, 5) is 22.7. The third kappa shape index (κ3) is 7.02. The van der Waals surface area contributed by atoms with E-state index in [0.717, 1.165) is 6.07 Å². The van der Waals surface area contributed by atoms with Crippen LogP contribution in [0.15, 0.2) is 42.5 Å². The predicted molar refractivity (Wildman–Crippen MR) is 120 cm³/mol. The van der Waals surface area contributed by atoms with Gasteiger partial charge in [0.2, 0.25) is 3.79 Å². The van der Waals surface area contributed by atoms with Gasteiger partial charge < -0.3 is 16.0 Å². The lowest BCUT2D eigenvalue weighted by atomic mass is 10.2. The molecule has 0 aliphatic carbocycles. The van der Waals surface area contributed by atoms with Crippen molar-refractivity contribution >= 4 is 92.6 Å². The minimum Gasteiger partial charge on any atom is -0.339 e. The fraction of sp³-hybridized carbons (Fsp3) is 0.125. The molecule has 0 spiro atoms. The van der Waals surface area contributed by atoms with E-state index in [2.05, 4.69) is 16.0 Å². The molecule has 1 atom stereocenters. The number of nitrogens with zero attached hydrogens (tertiary/aromatic N) is 1. The monoisotopic (exact) mass is 514 g/mol. The summed E-state index contributed by atoms with van der Waals surface area (Å²) in [6.45, 7) is 0. The van der Waals surface area contributed by atoms with E-state index in [1.54, 1.807) is 12.1 Å². The number of non-ortho nitro benzene ring substituents is 1. The van der Waals surface area contributed by atoms with Gasteiger partial charge in [-0.3, -0.25) is 14.9 Å². The van der Waals surface area contributed by atoms with Gasteiger partial charge in [-0.15, -0.1) is 0 Å². The second kappa shape index (κ2) is 9.97. The first-order valence-electron chi connectivity index (χ1n) is 7.62. The first kappa shape index (κ1) is 23.7. The van der Waals surface area contributed by atoms with Gasteiger partial charge in [0, 0.05) is 23.4 Å². The maximum absolute atomic E-state index is 12.5. The molecule has 0 radical (unpaired) electrons. The molecule has 0 aliphatic rings. The highest BCUT2D eigenvalue weighted by Crippen LogP contribution is 2.30. The zero-order chi connectivity index (χ0) is 21.8. The lowest BCUT2D eigenvalue weighted by molar-refractivity contribution is -0.384. The van der Waals surface area contributed by atoms with Gasteiger partial charge in [0.05, 0.1) is 15.0 Å². The average Bonchev–Trinajstić information content (AvgIpc) is 2.63. The Morgan fingerprint density at radius 2 is 1.76 bits per heavy atom. The molecule has 0 aromatic heterocycles. The first-order valence-corrected chi connectivity index (χ1v) is 9.92. The van der Waals surface area contributed by atoms with E-state index < -0.39 is 20.8 Å². The molecule has 29 heavy (non-hydrogen) atoms. The minimum absolute atomic E-state index is 0.00334. The van der Waals surface area contributed by atoms with Crippen molar-refractivity contribution in [1.82, 2.24) is 10.6 Å². The highest BCUT2D eigenvalue weighted by atomic mass is 35.6. The molecular formula is C16H11Cl5N4O3S. The normalized spacial score (nSPS) is 12.0. The van der Waals surface area contributed by atoms with E-state index in [-0.39, 0.29) is 16.4 Å². The summed E-state index contributed by atoms with van der Waals surface area (Å²) < 4.78 is -2.00. The molecule has 2 aromatic rings. The van der Waals surface area contributed by atoms with Crippen LogP contribution >= 0.6 is 70.2 Å². The zero-order valence-corrected chi connectivity index (χ0v) is 18.7. The number of nitro benzene ring substituents is 1. The van der Waals surface area contributed by atoms with Crippen LogP contribution in [0.4, 0.5) is 11.4 Å². The molecule has 1 amide bonds. The van der Waals surface area contributed by atoms with Gasteiger partial charge >= 0.3 is 0 Å². The molecule has 0 saturated carbocycles. The fourth-order valence-corrected chi connectivity index (χ4v) is 2.91.